The van der Waals surface area contributed by atoms with Crippen molar-refractivity contribution in [3.05, 3.63) is 103 Å². The fourth-order valence-electron chi connectivity index (χ4n) is 2.93. The van der Waals surface area contributed by atoms with Crippen LogP contribution in [0.4, 0.5) is 0 Å². The molecule has 0 aliphatic rings. The predicted molar refractivity (Wildman–Crippen MR) is 112 cm³/mol. The maximum absolute atomic E-state index is 12.6. The Morgan fingerprint density at radius 1 is 0.552 bits per heavy atom. The van der Waals surface area contributed by atoms with Crippen molar-refractivity contribution >= 4 is 9.84 Å². The molecule has 0 atom stereocenters. The Morgan fingerprint density at radius 2 is 1.00 bits per heavy atom. The molecule has 0 radical (unpaired) electrons. The van der Waals surface area contributed by atoms with Gasteiger partial charge >= 0.3 is 0 Å². The third-order valence-corrected chi connectivity index (χ3v) is 6.26. The summed E-state index contributed by atoms with van der Waals surface area (Å²) in [5, 5.41) is 9.39. The van der Waals surface area contributed by atoms with Crippen LogP contribution in [0.2, 0.25) is 0 Å². The molecule has 29 heavy (non-hydrogen) atoms. The van der Waals surface area contributed by atoms with E-state index in [0.29, 0.717) is 11.5 Å². The quantitative estimate of drug-likeness (QED) is 0.466. The van der Waals surface area contributed by atoms with Gasteiger partial charge in [0.15, 0.2) is 0 Å². The van der Waals surface area contributed by atoms with Crippen LogP contribution in [0, 0.1) is 0 Å². The molecule has 0 heterocycles. The highest BCUT2D eigenvalue weighted by Crippen LogP contribution is 2.28. The van der Waals surface area contributed by atoms with Gasteiger partial charge in [0, 0.05) is 0 Å². The maximum atomic E-state index is 12.6. The van der Waals surface area contributed by atoms with Gasteiger partial charge in [-0.15, -0.1) is 0 Å². The number of benzene rings is 4. The van der Waals surface area contributed by atoms with Crippen LogP contribution < -0.4 is 4.74 Å². The van der Waals surface area contributed by atoms with E-state index in [0.717, 1.165) is 11.1 Å². The maximum Gasteiger partial charge on any atom is 0.206 e. The van der Waals surface area contributed by atoms with E-state index in [4.69, 9.17) is 4.74 Å². The van der Waals surface area contributed by atoms with E-state index in [1.807, 2.05) is 36.4 Å². The Morgan fingerprint density at radius 3 is 1.55 bits per heavy atom. The van der Waals surface area contributed by atoms with Crippen LogP contribution in [0.3, 0.4) is 0 Å². The van der Waals surface area contributed by atoms with E-state index in [9.17, 15) is 13.5 Å². The number of ether oxygens (including phenoxy) is 1. The van der Waals surface area contributed by atoms with E-state index >= 15 is 0 Å². The first-order valence-electron chi connectivity index (χ1n) is 9.00. The zero-order valence-electron chi connectivity index (χ0n) is 15.4. The summed E-state index contributed by atoms with van der Waals surface area (Å²) in [6.45, 7) is 0. The van der Waals surface area contributed by atoms with Crippen LogP contribution >= 0.6 is 0 Å². The molecule has 4 aromatic carbocycles. The van der Waals surface area contributed by atoms with Gasteiger partial charge < -0.3 is 9.84 Å². The summed E-state index contributed by atoms with van der Waals surface area (Å²) < 4.78 is 31.1. The highest BCUT2D eigenvalue weighted by Gasteiger charge is 2.17. The normalized spacial score (nSPS) is 11.2. The van der Waals surface area contributed by atoms with Crippen molar-refractivity contribution in [2.24, 2.45) is 0 Å². The van der Waals surface area contributed by atoms with Crippen LogP contribution in [0.5, 0.6) is 17.2 Å². The van der Waals surface area contributed by atoms with Crippen molar-refractivity contribution < 1.29 is 18.3 Å². The van der Waals surface area contributed by atoms with Crippen molar-refractivity contribution in [3.63, 3.8) is 0 Å². The van der Waals surface area contributed by atoms with Gasteiger partial charge in [-0.25, -0.2) is 8.42 Å². The minimum Gasteiger partial charge on any atom is -0.508 e. The van der Waals surface area contributed by atoms with Crippen molar-refractivity contribution in [2.45, 2.75) is 9.79 Å². The molecule has 0 saturated heterocycles. The predicted octanol–water partition coefficient (Wildman–Crippen LogP) is 5.68. The average molecular weight is 402 g/mol. The Balaban J connectivity index is 1.50. The third-order valence-electron chi connectivity index (χ3n) is 4.48. The highest BCUT2D eigenvalue weighted by molar-refractivity contribution is 7.91. The SMILES string of the molecule is O=S(=O)(c1ccccc1)c1ccc(Oc2ccc(-c3ccc(O)cc3)cc2)cc1. The van der Waals surface area contributed by atoms with Gasteiger partial charge in [0.1, 0.15) is 17.2 Å². The molecular weight excluding hydrogens is 384 g/mol. The van der Waals surface area contributed by atoms with Crippen molar-refractivity contribution in [2.75, 3.05) is 0 Å². The number of aromatic hydroxyl groups is 1. The first-order valence-corrected chi connectivity index (χ1v) is 10.5. The first kappa shape index (κ1) is 18.8. The van der Waals surface area contributed by atoms with Crippen LogP contribution in [0.15, 0.2) is 113 Å². The lowest BCUT2D eigenvalue weighted by atomic mass is 10.1. The zero-order valence-corrected chi connectivity index (χ0v) is 16.2. The van der Waals surface area contributed by atoms with Gasteiger partial charge in [0.05, 0.1) is 9.79 Å². The summed E-state index contributed by atoms with van der Waals surface area (Å²) in [5.41, 5.74) is 1.99. The number of rotatable bonds is 5. The number of phenolic OH excluding ortho intramolecular Hbond substituents is 1. The Hall–Kier alpha value is -3.57. The molecule has 1 N–H and O–H groups in total. The molecule has 0 aromatic heterocycles. The summed E-state index contributed by atoms with van der Waals surface area (Å²) >= 11 is 0. The number of sulfone groups is 1. The highest BCUT2D eigenvalue weighted by atomic mass is 32.2. The molecule has 4 rings (SSSR count). The van der Waals surface area contributed by atoms with E-state index in [1.54, 1.807) is 66.7 Å². The lowest BCUT2D eigenvalue weighted by Gasteiger charge is -2.09. The van der Waals surface area contributed by atoms with E-state index in [-0.39, 0.29) is 15.5 Å². The lowest BCUT2D eigenvalue weighted by Crippen LogP contribution is -2.01. The minimum absolute atomic E-state index is 0.221. The molecule has 5 heteroatoms. The summed E-state index contributed by atoms with van der Waals surface area (Å²) in [4.78, 5) is 0.484. The third kappa shape index (κ3) is 4.15. The second kappa shape index (κ2) is 7.81. The summed E-state index contributed by atoms with van der Waals surface area (Å²) in [6, 6.07) is 29.2. The summed E-state index contributed by atoms with van der Waals surface area (Å²) in [7, 11) is -3.54. The lowest BCUT2D eigenvalue weighted by molar-refractivity contribution is 0.475. The molecule has 4 aromatic rings. The molecule has 0 saturated carbocycles. The summed E-state index contributed by atoms with van der Waals surface area (Å²) in [5.74, 6) is 1.42. The largest absolute Gasteiger partial charge is 0.508 e. The van der Waals surface area contributed by atoms with Crippen molar-refractivity contribution in [1.29, 1.82) is 0 Å². The van der Waals surface area contributed by atoms with Gasteiger partial charge in [-0.3, -0.25) is 0 Å². The van der Waals surface area contributed by atoms with Crippen LogP contribution in [-0.2, 0) is 9.84 Å². The molecule has 0 fully saturated rings. The van der Waals surface area contributed by atoms with Crippen LogP contribution in [0.25, 0.3) is 11.1 Å². The Bertz CT molecular complexity index is 1200. The fourth-order valence-corrected chi connectivity index (χ4v) is 4.21. The second-order valence-electron chi connectivity index (χ2n) is 6.46. The van der Waals surface area contributed by atoms with Gasteiger partial charge in [-0.05, 0) is 71.8 Å². The van der Waals surface area contributed by atoms with Crippen LogP contribution in [-0.4, -0.2) is 13.5 Å². The average Bonchev–Trinajstić information content (AvgIpc) is 2.76. The van der Waals surface area contributed by atoms with E-state index in [1.165, 1.54) is 0 Å². The molecule has 0 aliphatic heterocycles. The topological polar surface area (TPSA) is 63.6 Å². The molecule has 0 spiro atoms. The first-order chi connectivity index (χ1) is 14.0. The molecule has 144 valence electrons. The van der Waals surface area contributed by atoms with E-state index in [2.05, 4.69) is 0 Å². The van der Waals surface area contributed by atoms with Crippen LogP contribution in [0.1, 0.15) is 0 Å². The molecule has 0 amide bonds. The molecule has 0 aliphatic carbocycles. The molecule has 4 nitrogen and oxygen atoms in total. The van der Waals surface area contributed by atoms with Crippen molar-refractivity contribution in [1.82, 2.24) is 0 Å². The molecular formula is C24H18O4S. The fraction of sp³-hybridized carbons (Fsp3) is 0. The number of hydrogen-bond acceptors (Lipinski definition) is 4. The van der Waals surface area contributed by atoms with Gasteiger partial charge in [0.2, 0.25) is 9.84 Å². The monoisotopic (exact) mass is 402 g/mol. The number of hydrogen-bond donors (Lipinski definition) is 1. The standard InChI is InChI=1S/C24H18O4S/c25-20-10-6-18(7-11-20)19-8-12-21(13-9-19)28-22-14-16-24(17-15-22)29(26,27)23-4-2-1-3-5-23/h1-17,25H. The summed E-state index contributed by atoms with van der Waals surface area (Å²) in [6.07, 6.45) is 0. The Labute approximate surface area is 169 Å². The molecule has 0 unspecified atom stereocenters. The van der Waals surface area contributed by atoms with Gasteiger partial charge in [0.25, 0.3) is 0 Å². The smallest absolute Gasteiger partial charge is 0.206 e. The minimum atomic E-state index is -3.54. The van der Waals surface area contributed by atoms with Gasteiger partial charge in [-0.2, -0.15) is 0 Å². The van der Waals surface area contributed by atoms with Gasteiger partial charge in [-0.1, -0.05) is 42.5 Å². The van der Waals surface area contributed by atoms with Crippen molar-refractivity contribution in [3.8, 4) is 28.4 Å². The molecule has 0 bridgehead atoms. The second-order valence-corrected chi connectivity index (χ2v) is 8.41. The van der Waals surface area contributed by atoms with E-state index < -0.39 is 9.84 Å². The Kier molecular flexibility index (Phi) is 5.06. The number of phenols is 1. The zero-order chi connectivity index (χ0) is 20.3.